The zero-order chi connectivity index (χ0) is 29.7. The molecule has 218 valence electrons. The maximum atomic E-state index is 5.47. The van der Waals surface area contributed by atoms with Crippen LogP contribution in [0.25, 0.3) is 0 Å². The van der Waals surface area contributed by atoms with Crippen molar-refractivity contribution in [2.24, 2.45) is 0 Å². The number of nitrogens with zero attached hydrogens (tertiary/aromatic N) is 1. The van der Waals surface area contributed by atoms with Crippen molar-refractivity contribution in [2.75, 3.05) is 31.9 Å². The number of methoxy groups -OCH3 is 2. The Kier molecular flexibility index (Phi) is 8.34. The van der Waals surface area contributed by atoms with Crippen molar-refractivity contribution in [3.05, 3.63) is 151 Å². The minimum absolute atomic E-state index is 0.216. The van der Waals surface area contributed by atoms with Crippen LogP contribution in [-0.2, 0) is 0 Å². The third-order valence-electron chi connectivity index (χ3n) is 8.74. The number of hydrogen-bond acceptors (Lipinski definition) is 4. The van der Waals surface area contributed by atoms with E-state index in [2.05, 4.69) is 133 Å². The van der Waals surface area contributed by atoms with E-state index in [1.807, 2.05) is 36.0 Å². The molecule has 6 rings (SSSR count). The second-order valence-electron chi connectivity index (χ2n) is 11.2. The normalized spacial score (nSPS) is 15.7. The zero-order valence-corrected chi connectivity index (χ0v) is 26.7. The number of benzene rings is 5. The van der Waals surface area contributed by atoms with Crippen LogP contribution < -0.4 is 30.3 Å². The number of hydrogen-bond donors (Lipinski definition) is 0. The fraction of sp³-hybridized carbons (Fsp3) is 0.158. The molecule has 43 heavy (non-hydrogen) atoms. The second kappa shape index (κ2) is 12.3. The van der Waals surface area contributed by atoms with E-state index in [0.717, 1.165) is 35.5 Å². The third kappa shape index (κ3) is 5.46. The second-order valence-corrected chi connectivity index (χ2v) is 18.0. The van der Waals surface area contributed by atoms with Crippen LogP contribution in [0.5, 0.6) is 11.5 Å². The minimum atomic E-state index is -2.90. The third-order valence-corrected chi connectivity index (χ3v) is 16.5. The SMILES string of the molecule is COc1ccc(N(c2ccc(OC)cc2)C2CC=C(CP(C)(c3ccccc3)(c3ccccc3)c3ccccc3)S2)cc1. The molecule has 1 unspecified atom stereocenters. The Labute approximate surface area is 260 Å². The molecule has 0 amide bonds. The molecule has 1 aliphatic rings. The van der Waals surface area contributed by atoms with E-state index in [-0.39, 0.29) is 5.37 Å². The molecule has 1 atom stereocenters. The van der Waals surface area contributed by atoms with E-state index in [1.165, 1.54) is 20.8 Å². The van der Waals surface area contributed by atoms with Gasteiger partial charge in [0.25, 0.3) is 0 Å². The van der Waals surface area contributed by atoms with Crippen LogP contribution in [0.2, 0.25) is 0 Å². The van der Waals surface area contributed by atoms with Crippen LogP contribution in [0, 0.1) is 0 Å². The van der Waals surface area contributed by atoms with Crippen LogP contribution in [-0.4, -0.2) is 32.4 Å². The van der Waals surface area contributed by atoms with E-state index < -0.39 is 6.60 Å². The van der Waals surface area contributed by atoms with Gasteiger partial charge in [0.05, 0.1) is 0 Å². The summed E-state index contributed by atoms with van der Waals surface area (Å²) < 4.78 is 10.9. The molecule has 0 aromatic heterocycles. The summed E-state index contributed by atoms with van der Waals surface area (Å²) >= 11 is 1.99. The van der Waals surface area contributed by atoms with Gasteiger partial charge in [-0.15, -0.1) is 0 Å². The molecular weight excluding hydrogens is 565 g/mol. The molecule has 0 radical (unpaired) electrons. The first-order valence-corrected chi connectivity index (χ1v) is 18.4. The molecule has 1 aliphatic heterocycles. The number of rotatable bonds is 10. The first kappa shape index (κ1) is 29.1. The summed E-state index contributed by atoms with van der Waals surface area (Å²) in [6.45, 7) is -0.341. The summed E-state index contributed by atoms with van der Waals surface area (Å²) in [4.78, 5) is 3.89. The summed E-state index contributed by atoms with van der Waals surface area (Å²) in [6, 6.07) is 50.4. The summed E-state index contributed by atoms with van der Waals surface area (Å²) in [5.41, 5.74) is 2.28. The molecule has 0 bridgehead atoms. The van der Waals surface area contributed by atoms with Gasteiger partial charge in [-0.3, -0.25) is 0 Å². The van der Waals surface area contributed by atoms with Gasteiger partial charge >= 0.3 is 261 Å². The van der Waals surface area contributed by atoms with E-state index in [1.54, 1.807) is 14.2 Å². The number of thioether (sulfide) groups is 1. The number of anilines is 2. The topological polar surface area (TPSA) is 21.7 Å². The molecule has 0 N–H and O–H groups in total. The van der Waals surface area contributed by atoms with Crippen molar-refractivity contribution < 1.29 is 9.47 Å². The zero-order valence-electron chi connectivity index (χ0n) is 25.0. The fourth-order valence-electron chi connectivity index (χ4n) is 6.34. The average Bonchev–Trinajstić information content (AvgIpc) is 3.54. The molecule has 5 aromatic carbocycles. The van der Waals surface area contributed by atoms with Gasteiger partial charge in [0.15, 0.2) is 0 Å². The Morgan fingerprint density at radius 2 is 1.00 bits per heavy atom. The molecule has 1 heterocycles. The van der Waals surface area contributed by atoms with Crippen LogP contribution in [0.3, 0.4) is 0 Å². The van der Waals surface area contributed by atoms with Crippen LogP contribution >= 0.6 is 18.4 Å². The predicted molar refractivity (Wildman–Crippen MR) is 188 cm³/mol. The fourth-order valence-corrected chi connectivity index (χ4v) is 14.0. The van der Waals surface area contributed by atoms with E-state index in [9.17, 15) is 0 Å². The van der Waals surface area contributed by atoms with Gasteiger partial charge in [-0.05, 0) is 0 Å². The summed E-state index contributed by atoms with van der Waals surface area (Å²) in [7, 11) is 3.42. The van der Waals surface area contributed by atoms with Gasteiger partial charge in [-0.2, -0.15) is 0 Å². The monoisotopic (exact) mass is 603 g/mol. The molecule has 0 aliphatic carbocycles. The van der Waals surface area contributed by atoms with Crippen LogP contribution in [0.15, 0.2) is 151 Å². The Morgan fingerprint density at radius 3 is 1.37 bits per heavy atom. The molecule has 0 spiro atoms. The predicted octanol–water partition coefficient (Wildman–Crippen LogP) is 8.35. The Hall–Kier alpha value is -3.98. The molecular formula is C38H38NO2PS. The van der Waals surface area contributed by atoms with Gasteiger partial charge < -0.3 is 0 Å². The van der Waals surface area contributed by atoms with E-state index in [4.69, 9.17) is 9.47 Å². The Morgan fingerprint density at radius 1 is 0.605 bits per heavy atom. The standard InChI is InChI=1S/C38H38NO2PS/c1-40-32-23-19-30(20-24-32)39(31-21-25-33(41-2)26-22-31)38-28-27-37(43-38)29-42(3,34-13-7-4-8-14-34,35-15-9-5-10-16-35)36-17-11-6-12-18-36/h4-27,38H,28-29H2,1-3H3. The van der Waals surface area contributed by atoms with Crippen molar-refractivity contribution >= 4 is 45.7 Å². The average molecular weight is 604 g/mol. The summed E-state index contributed by atoms with van der Waals surface area (Å²) in [6.07, 6.45) is 4.40. The van der Waals surface area contributed by atoms with Gasteiger partial charge in [-0.1, -0.05) is 0 Å². The van der Waals surface area contributed by atoms with Crippen molar-refractivity contribution in [1.82, 2.24) is 0 Å². The van der Waals surface area contributed by atoms with Crippen molar-refractivity contribution in [3.8, 4) is 11.5 Å². The van der Waals surface area contributed by atoms with Crippen LogP contribution in [0.4, 0.5) is 11.4 Å². The number of allylic oxidation sites excluding steroid dienone is 1. The molecule has 0 fully saturated rings. The van der Waals surface area contributed by atoms with Gasteiger partial charge in [-0.25, -0.2) is 0 Å². The first-order chi connectivity index (χ1) is 21.0. The molecule has 5 heteroatoms. The summed E-state index contributed by atoms with van der Waals surface area (Å²) in [5.74, 6) is 1.71. The molecule has 5 aromatic rings. The van der Waals surface area contributed by atoms with Crippen molar-refractivity contribution in [2.45, 2.75) is 11.8 Å². The van der Waals surface area contributed by atoms with E-state index >= 15 is 0 Å². The Bertz CT molecular complexity index is 1530. The molecule has 0 saturated carbocycles. The van der Waals surface area contributed by atoms with Gasteiger partial charge in [0, 0.05) is 0 Å². The van der Waals surface area contributed by atoms with E-state index in [0.29, 0.717) is 0 Å². The first-order valence-electron chi connectivity index (χ1n) is 14.6. The number of ether oxygens (including phenoxy) is 2. The van der Waals surface area contributed by atoms with Gasteiger partial charge in [0.2, 0.25) is 0 Å². The van der Waals surface area contributed by atoms with Crippen molar-refractivity contribution in [3.63, 3.8) is 0 Å². The summed E-state index contributed by atoms with van der Waals surface area (Å²) in [5, 5.41) is 4.46. The Balaban J connectivity index is 1.42. The maximum absolute atomic E-state index is 5.47. The van der Waals surface area contributed by atoms with Gasteiger partial charge in [0.1, 0.15) is 0 Å². The molecule has 3 nitrogen and oxygen atoms in total. The quantitative estimate of drug-likeness (QED) is 0.150. The van der Waals surface area contributed by atoms with Crippen LogP contribution in [0.1, 0.15) is 6.42 Å². The molecule has 0 saturated heterocycles. The van der Waals surface area contributed by atoms with Crippen molar-refractivity contribution in [1.29, 1.82) is 0 Å².